The van der Waals surface area contributed by atoms with Crippen molar-refractivity contribution in [1.82, 2.24) is 0 Å². The summed E-state index contributed by atoms with van der Waals surface area (Å²) in [5, 5.41) is 7.08. The van der Waals surface area contributed by atoms with Crippen molar-refractivity contribution in [3.05, 3.63) is 83.9 Å². The molecule has 0 aliphatic rings. The van der Waals surface area contributed by atoms with Crippen LogP contribution in [-0.2, 0) is 0 Å². The van der Waals surface area contributed by atoms with Crippen LogP contribution in [-0.4, -0.2) is 13.1 Å². The van der Waals surface area contributed by atoms with Gasteiger partial charge in [0.15, 0.2) is 0 Å². The highest BCUT2D eigenvalue weighted by Gasteiger charge is 2.16. The fourth-order valence-corrected chi connectivity index (χ4v) is 3.94. The number of hydrogen-bond donors (Lipinski definition) is 0. The molecule has 0 aromatic heterocycles. The Morgan fingerprint density at radius 3 is 2.29 bits per heavy atom. The minimum Gasteiger partial charge on any atom is -0.497 e. The number of ether oxygens (including phenoxy) is 2. The van der Waals surface area contributed by atoms with Gasteiger partial charge in [-0.3, -0.25) is 0 Å². The molecule has 0 radical (unpaired) electrons. The first-order chi connectivity index (χ1) is 13.7. The molecule has 3 nitrogen and oxygen atoms in total. The summed E-state index contributed by atoms with van der Waals surface area (Å²) in [4.78, 5) is 12.7. The highest BCUT2D eigenvalue weighted by atomic mass is 16.5. The van der Waals surface area contributed by atoms with Gasteiger partial charge in [0, 0.05) is 0 Å². The number of rotatable bonds is 3. The van der Waals surface area contributed by atoms with Crippen molar-refractivity contribution in [2.45, 2.75) is 6.92 Å². The number of carbonyl (C=O) groups excluding carboxylic acids is 1. The van der Waals surface area contributed by atoms with E-state index in [1.807, 2.05) is 13.0 Å². The Balaban J connectivity index is 1.65. The number of carbonyl (C=O) groups is 1. The predicted molar refractivity (Wildman–Crippen MR) is 113 cm³/mol. The Morgan fingerprint density at radius 2 is 1.50 bits per heavy atom. The Morgan fingerprint density at radius 1 is 0.786 bits per heavy atom. The van der Waals surface area contributed by atoms with Crippen LogP contribution in [0.5, 0.6) is 11.5 Å². The second-order valence-corrected chi connectivity index (χ2v) is 6.98. The summed E-state index contributed by atoms with van der Waals surface area (Å²) in [6, 6.07) is 23.7. The highest BCUT2D eigenvalue weighted by Crippen LogP contribution is 2.39. The number of hydrogen-bond acceptors (Lipinski definition) is 3. The molecule has 0 unspecified atom stereocenters. The van der Waals surface area contributed by atoms with Crippen LogP contribution in [0, 0.1) is 6.92 Å². The van der Waals surface area contributed by atoms with E-state index in [9.17, 15) is 4.79 Å². The lowest BCUT2D eigenvalue weighted by Gasteiger charge is -2.15. The van der Waals surface area contributed by atoms with Crippen molar-refractivity contribution in [1.29, 1.82) is 0 Å². The summed E-state index contributed by atoms with van der Waals surface area (Å²) >= 11 is 0. The lowest BCUT2D eigenvalue weighted by Crippen LogP contribution is -2.09. The monoisotopic (exact) mass is 366 g/mol. The molecule has 28 heavy (non-hydrogen) atoms. The van der Waals surface area contributed by atoms with E-state index in [2.05, 4.69) is 42.5 Å². The molecule has 0 amide bonds. The van der Waals surface area contributed by atoms with Gasteiger partial charge >= 0.3 is 5.97 Å². The van der Waals surface area contributed by atoms with E-state index in [-0.39, 0.29) is 0 Å². The lowest BCUT2D eigenvalue weighted by atomic mass is 9.92. The maximum Gasteiger partial charge on any atom is 0.343 e. The second-order valence-electron chi connectivity index (χ2n) is 6.98. The maximum absolute atomic E-state index is 12.7. The van der Waals surface area contributed by atoms with E-state index in [4.69, 9.17) is 9.47 Å². The molecule has 0 bridgehead atoms. The number of aryl methyl sites for hydroxylation is 1. The molecule has 5 aromatic carbocycles. The largest absolute Gasteiger partial charge is 0.497 e. The summed E-state index contributed by atoms with van der Waals surface area (Å²) in [7, 11) is 1.58. The summed E-state index contributed by atoms with van der Waals surface area (Å²) in [6.07, 6.45) is 0. The van der Waals surface area contributed by atoms with E-state index in [1.54, 1.807) is 31.4 Å². The van der Waals surface area contributed by atoms with Gasteiger partial charge in [0.1, 0.15) is 11.5 Å². The van der Waals surface area contributed by atoms with Crippen molar-refractivity contribution in [2.75, 3.05) is 7.11 Å². The fraction of sp³-hybridized carbons (Fsp3) is 0.0800. The zero-order valence-electron chi connectivity index (χ0n) is 15.7. The van der Waals surface area contributed by atoms with Crippen LogP contribution < -0.4 is 9.47 Å². The quantitative estimate of drug-likeness (QED) is 0.219. The van der Waals surface area contributed by atoms with E-state index in [0.29, 0.717) is 17.1 Å². The van der Waals surface area contributed by atoms with Crippen LogP contribution in [0.4, 0.5) is 0 Å². The van der Waals surface area contributed by atoms with Crippen LogP contribution in [0.2, 0.25) is 0 Å². The molecule has 0 heterocycles. The average Bonchev–Trinajstić information content (AvgIpc) is 2.74. The topological polar surface area (TPSA) is 35.5 Å². The van der Waals surface area contributed by atoms with Gasteiger partial charge in [0.25, 0.3) is 0 Å². The average molecular weight is 366 g/mol. The molecule has 5 aromatic rings. The molecule has 0 fully saturated rings. The summed E-state index contributed by atoms with van der Waals surface area (Å²) < 4.78 is 11.0. The molecular weight excluding hydrogens is 348 g/mol. The molecule has 136 valence electrons. The minimum absolute atomic E-state index is 0.394. The van der Waals surface area contributed by atoms with Crippen molar-refractivity contribution in [3.63, 3.8) is 0 Å². The van der Waals surface area contributed by atoms with Gasteiger partial charge in [-0.05, 0) is 69.1 Å². The van der Waals surface area contributed by atoms with Gasteiger partial charge in [0.2, 0.25) is 0 Å². The van der Waals surface area contributed by atoms with Crippen LogP contribution in [0.3, 0.4) is 0 Å². The molecule has 0 spiro atoms. The molecule has 0 aliphatic carbocycles. The number of methoxy groups -OCH3 is 1. The number of benzene rings is 5. The summed E-state index contributed by atoms with van der Waals surface area (Å²) in [5.41, 5.74) is 1.42. The van der Waals surface area contributed by atoms with Gasteiger partial charge < -0.3 is 9.47 Å². The van der Waals surface area contributed by atoms with Crippen LogP contribution in [0.25, 0.3) is 32.3 Å². The molecule has 0 aliphatic heterocycles. The summed E-state index contributed by atoms with van der Waals surface area (Å²) in [6.45, 7) is 2.00. The van der Waals surface area contributed by atoms with Gasteiger partial charge in [-0.2, -0.15) is 0 Å². The van der Waals surface area contributed by atoms with Crippen molar-refractivity contribution in [3.8, 4) is 11.5 Å². The first-order valence-electron chi connectivity index (χ1n) is 9.19. The standard InChI is InChI=1S/C25H18O3/c1-15-21-12-11-17-6-3-5-16-9-10-18(24(21)23(16)17)14-22(15)28-25(26)19-7-4-8-20(13-19)27-2/h3-14H,1-2H3. The third-order valence-electron chi connectivity index (χ3n) is 5.38. The maximum atomic E-state index is 12.7. The van der Waals surface area contributed by atoms with Gasteiger partial charge in [-0.1, -0.05) is 48.5 Å². The Labute approximate surface area is 162 Å². The van der Waals surface area contributed by atoms with E-state index >= 15 is 0 Å². The second kappa shape index (κ2) is 6.24. The molecular formula is C25H18O3. The molecule has 3 heteroatoms. The SMILES string of the molecule is COc1cccc(C(=O)Oc2cc3ccc4cccc5ccc(c2C)c3c45)c1. The van der Waals surface area contributed by atoms with Crippen LogP contribution in [0.15, 0.2) is 72.8 Å². The first-order valence-corrected chi connectivity index (χ1v) is 9.19. The third kappa shape index (κ3) is 2.48. The Hall–Kier alpha value is -3.59. The number of esters is 1. The molecule has 0 saturated heterocycles. The van der Waals surface area contributed by atoms with Crippen molar-refractivity contribution >= 4 is 38.3 Å². The Kier molecular flexibility index (Phi) is 3.69. The lowest BCUT2D eigenvalue weighted by molar-refractivity contribution is 0.0733. The van der Waals surface area contributed by atoms with E-state index in [0.717, 1.165) is 16.3 Å². The van der Waals surface area contributed by atoms with Crippen molar-refractivity contribution in [2.24, 2.45) is 0 Å². The van der Waals surface area contributed by atoms with Crippen molar-refractivity contribution < 1.29 is 14.3 Å². The normalized spacial score (nSPS) is 11.4. The molecule has 5 rings (SSSR count). The minimum atomic E-state index is -0.394. The van der Waals surface area contributed by atoms with Crippen LogP contribution >= 0.6 is 0 Å². The van der Waals surface area contributed by atoms with E-state index in [1.165, 1.54) is 21.5 Å². The predicted octanol–water partition coefficient (Wildman–Crippen LogP) is 6.12. The van der Waals surface area contributed by atoms with Gasteiger partial charge in [0.05, 0.1) is 12.7 Å². The van der Waals surface area contributed by atoms with Crippen LogP contribution in [0.1, 0.15) is 15.9 Å². The zero-order chi connectivity index (χ0) is 19.3. The van der Waals surface area contributed by atoms with Gasteiger partial charge in [-0.15, -0.1) is 0 Å². The smallest absolute Gasteiger partial charge is 0.343 e. The zero-order valence-corrected chi connectivity index (χ0v) is 15.7. The Bertz CT molecular complexity index is 1340. The molecule has 0 saturated carbocycles. The fourth-order valence-electron chi connectivity index (χ4n) is 3.94. The highest BCUT2D eigenvalue weighted by molar-refractivity contribution is 6.24. The summed E-state index contributed by atoms with van der Waals surface area (Å²) in [5.74, 6) is 0.815. The molecule has 0 atom stereocenters. The third-order valence-corrected chi connectivity index (χ3v) is 5.38. The van der Waals surface area contributed by atoms with Gasteiger partial charge in [-0.25, -0.2) is 4.79 Å². The molecule has 0 N–H and O–H groups in total. The van der Waals surface area contributed by atoms with E-state index < -0.39 is 5.97 Å². The first kappa shape index (κ1) is 16.6.